The standard InChI is InChI=1S/C12H14Cl3NO3/c1-11(18,9-5-3-2-4-6-9)7-16-10(17)19-8-12(13,14)15/h2-6,18H,7-8H2,1H3,(H,16,17)/t11-/m0/s1. The van der Waals surface area contributed by atoms with Gasteiger partial charge in [0, 0.05) is 0 Å². The van der Waals surface area contributed by atoms with Crippen molar-refractivity contribution in [2.75, 3.05) is 13.2 Å². The quantitative estimate of drug-likeness (QED) is 0.836. The normalized spacial score (nSPS) is 14.6. The van der Waals surface area contributed by atoms with Gasteiger partial charge in [0.05, 0.1) is 6.54 Å². The first-order valence-corrected chi connectivity index (χ1v) is 6.59. The summed E-state index contributed by atoms with van der Waals surface area (Å²) in [6, 6.07) is 8.95. The minimum absolute atomic E-state index is 0.0182. The molecule has 0 aromatic heterocycles. The lowest BCUT2D eigenvalue weighted by atomic mass is 9.96. The van der Waals surface area contributed by atoms with Gasteiger partial charge in [0.2, 0.25) is 3.79 Å². The van der Waals surface area contributed by atoms with E-state index in [-0.39, 0.29) is 13.2 Å². The number of ether oxygens (including phenoxy) is 1. The van der Waals surface area contributed by atoms with Crippen molar-refractivity contribution >= 4 is 40.9 Å². The zero-order chi connectivity index (χ0) is 14.5. The van der Waals surface area contributed by atoms with E-state index in [0.717, 1.165) is 0 Å². The molecule has 0 spiro atoms. The van der Waals surface area contributed by atoms with Gasteiger partial charge in [-0.15, -0.1) is 0 Å². The smallest absolute Gasteiger partial charge is 0.407 e. The number of alkyl halides is 3. The average molecular weight is 327 g/mol. The van der Waals surface area contributed by atoms with Gasteiger partial charge in [-0.25, -0.2) is 4.79 Å². The summed E-state index contributed by atoms with van der Waals surface area (Å²) in [5, 5.41) is 12.6. The van der Waals surface area contributed by atoms with Crippen molar-refractivity contribution in [3.8, 4) is 0 Å². The largest absolute Gasteiger partial charge is 0.445 e. The summed E-state index contributed by atoms with van der Waals surface area (Å²) in [6.07, 6.45) is -0.762. The topological polar surface area (TPSA) is 58.6 Å². The third-order valence-electron chi connectivity index (χ3n) is 2.34. The van der Waals surface area contributed by atoms with Gasteiger partial charge in [-0.3, -0.25) is 0 Å². The van der Waals surface area contributed by atoms with E-state index in [0.29, 0.717) is 5.56 Å². The van der Waals surface area contributed by atoms with Gasteiger partial charge in [0.25, 0.3) is 0 Å². The maximum Gasteiger partial charge on any atom is 0.407 e. The Morgan fingerprint density at radius 3 is 2.42 bits per heavy atom. The lowest BCUT2D eigenvalue weighted by Gasteiger charge is -2.24. The first-order chi connectivity index (χ1) is 8.71. The Kier molecular flexibility index (Phi) is 5.74. The summed E-state index contributed by atoms with van der Waals surface area (Å²) in [5.41, 5.74) is -0.531. The number of rotatable bonds is 4. The number of alkyl carbamates (subject to hydrolysis) is 1. The van der Waals surface area contributed by atoms with Gasteiger partial charge in [-0.1, -0.05) is 65.1 Å². The highest BCUT2D eigenvalue weighted by atomic mass is 35.6. The van der Waals surface area contributed by atoms with Crippen molar-refractivity contribution in [3.05, 3.63) is 35.9 Å². The lowest BCUT2D eigenvalue weighted by molar-refractivity contribution is 0.0537. The number of benzene rings is 1. The molecule has 4 nitrogen and oxygen atoms in total. The van der Waals surface area contributed by atoms with E-state index in [4.69, 9.17) is 34.8 Å². The molecule has 2 N–H and O–H groups in total. The monoisotopic (exact) mass is 325 g/mol. The van der Waals surface area contributed by atoms with Gasteiger partial charge in [0.15, 0.2) is 0 Å². The lowest BCUT2D eigenvalue weighted by Crippen LogP contribution is -2.39. The molecule has 0 fully saturated rings. The Morgan fingerprint density at radius 2 is 1.89 bits per heavy atom. The Bertz CT molecular complexity index is 418. The van der Waals surface area contributed by atoms with E-state index in [9.17, 15) is 9.90 Å². The number of hydrogen-bond donors (Lipinski definition) is 2. The van der Waals surface area contributed by atoms with Crippen molar-refractivity contribution in [2.45, 2.75) is 16.3 Å². The molecule has 0 heterocycles. The number of hydrogen-bond acceptors (Lipinski definition) is 3. The predicted molar refractivity (Wildman–Crippen MR) is 75.7 cm³/mol. The molecule has 1 rings (SSSR count). The summed E-state index contributed by atoms with van der Waals surface area (Å²) in [4.78, 5) is 11.3. The van der Waals surface area contributed by atoms with Crippen molar-refractivity contribution < 1.29 is 14.6 Å². The van der Waals surface area contributed by atoms with Crippen LogP contribution in [0.2, 0.25) is 0 Å². The van der Waals surface area contributed by atoms with Crippen LogP contribution in [0.15, 0.2) is 30.3 Å². The van der Waals surface area contributed by atoms with Crippen LogP contribution in [0.3, 0.4) is 0 Å². The van der Waals surface area contributed by atoms with Crippen LogP contribution in [0.25, 0.3) is 0 Å². The molecule has 0 aliphatic heterocycles. The van der Waals surface area contributed by atoms with E-state index in [1.807, 2.05) is 6.07 Å². The van der Waals surface area contributed by atoms with E-state index < -0.39 is 15.5 Å². The van der Waals surface area contributed by atoms with Gasteiger partial charge in [0.1, 0.15) is 12.2 Å². The Balaban J connectivity index is 2.45. The minimum Gasteiger partial charge on any atom is -0.445 e. The fraction of sp³-hybridized carbons (Fsp3) is 0.417. The minimum atomic E-state index is -1.65. The highest BCUT2D eigenvalue weighted by molar-refractivity contribution is 6.67. The van der Waals surface area contributed by atoms with Crippen LogP contribution in [0, 0.1) is 0 Å². The van der Waals surface area contributed by atoms with Crippen molar-refractivity contribution in [3.63, 3.8) is 0 Å². The Morgan fingerprint density at radius 1 is 1.32 bits per heavy atom. The third kappa shape index (κ3) is 6.34. The number of nitrogens with one attached hydrogen (secondary N) is 1. The summed E-state index contributed by atoms with van der Waals surface area (Å²) >= 11 is 16.3. The van der Waals surface area contributed by atoms with Gasteiger partial charge in [-0.2, -0.15) is 0 Å². The number of amides is 1. The summed E-state index contributed by atoms with van der Waals surface area (Å²) in [7, 11) is 0. The van der Waals surface area contributed by atoms with E-state index in [1.54, 1.807) is 31.2 Å². The molecular weight excluding hydrogens is 312 g/mol. The molecular formula is C12H14Cl3NO3. The SMILES string of the molecule is C[C@](O)(CNC(=O)OCC(Cl)(Cl)Cl)c1ccccc1. The fourth-order valence-corrected chi connectivity index (χ4v) is 1.51. The van der Waals surface area contributed by atoms with Crippen LogP contribution in [0.1, 0.15) is 12.5 Å². The molecule has 0 radical (unpaired) electrons. The second-order valence-electron chi connectivity index (χ2n) is 4.18. The van der Waals surface area contributed by atoms with E-state index >= 15 is 0 Å². The maximum absolute atomic E-state index is 11.3. The number of carbonyl (C=O) groups excluding carboxylic acids is 1. The first-order valence-electron chi connectivity index (χ1n) is 5.46. The van der Waals surface area contributed by atoms with Gasteiger partial charge >= 0.3 is 6.09 Å². The number of aliphatic hydroxyl groups is 1. The highest BCUT2D eigenvalue weighted by Gasteiger charge is 2.25. The molecule has 0 saturated carbocycles. The first kappa shape index (κ1) is 16.4. The fourth-order valence-electron chi connectivity index (χ4n) is 1.34. The Labute approximate surface area is 126 Å². The molecule has 0 unspecified atom stereocenters. The van der Waals surface area contributed by atoms with E-state index in [2.05, 4.69) is 10.1 Å². The molecule has 1 amide bonds. The van der Waals surface area contributed by atoms with Crippen LogP contribution in [-0.2, 0) is 10.3 Å². The molecule has 1 atom stereocenters. The number of carbonyl (C=O) groups is 1. The molecule has 19 heavy (non-hydrogen) atoms. The van der Waals surface area contributed by atoms with Crippen LogP contribution in [-0.4, -0.2) is 28.1 Å². The predicted octanol–water partition coefficient (Wildman–Crippen LogP) is 2.99. The zero-order valence-corrected chi connectivity index (χ0v) is 12.5. The average Bonchev–Trinajstić information content (AvgIpc) is 2.34. The number of halogens is 3. The molecule has 7 heteroatoms. The second kappa shape index (κ2) is 6.66. The van der Waals surface area contributed by atoms with Gasteiger partial charge in [-0.05, 0) is 12.5 Å². The second-order valence-corrected chi connectivity index (χ2v) is 6.70. The van der Waals surface area contributed by atoms with Crippen LogP contribution >= 0.6 is 34.8 Å². The van der Waals surface area contributed by atoms with E-state index in [1.165, 1.54) is 0 Å². The molecule has 1 aromatic carbocycles. The third-order valence-corrected chi connectivity index (χ3v) is 2.67. The molecule has 106 valence electrons. The maximum atomic E-state index is 11.3. The van der Waals surface area contributed by atoms with Crippen molar-refractivity contribution in [1.29, 1.82) is 0 Å². The molecule has 0 aliphatic rings. The van der Waals surface area contributed by atoms with Gasteiger partial charge < -0.3 is 15.2 Å². The van der Waals surface area contributed by atoms with Crippen molar-refractivity contribution in [2.24, 2.45) is 0 Å². The highest BCUT2D eigenvalue weighted by Crippen LogP contribution is 2.26. The van der Waals surface area contributed by atoms with Crippen LogP contribution in [0.5, 0.6) is 0 Å². The molecule has 0 aliphatic carbocycles. The summed E-state index contributed by atoms with van der Waals surface area (Å²) < 4.78 is 3.03. The van der Waals surface area contributed by atoms with Crippen molar-refractivity contribution in [1.82, 2.24) is 5.32 Å². The Hall–Kier alpha value is -0.680. The zero-order valence-electron chi connectivity index (χ0n) is 10.2. The molecule has 0 bridgehead atoms. The molecule has 1 aromatic rings. The summed E-state index contributed by atoms with van der Waals surface area (Å²) in [5.74, 6) is 0. The summed E-state index contributed by atoms with van der Waals surface area (Å²) in [6.45, 7) is 1.20. The molecule has 0 saturated heterocycles. The van der Waals surface area contributed by atoms with Crippen LogP contribution < -0.4 is 5.32 Å². The van der Waals surface area contributed by atoms with Crippen LogP contribution in [0.4, 0.5) is 4.79 Å².